The fourth-order valence-corrected chi connectivity index (χ4v) is 7.52. The summed E-state index contributed by atoms with van der Waals surface area (Å²) in [7, 11) is 7.55. The van der Waals surface area contributed by atoms with E-state index in [9.17, 15) is 19.2 Å². The standard InChI is InChI=1S/C34H50N6O4/c1-34-27(33(44)39-17-7-6-8-18-39)21-24(22-29(41)35-15-9-16-37(2)3)32(43)40(34)19-14-26-25-12-10-23(11-13-30(42)38(4)5)20-28(25)36-31(26)34/h10,12,20,24,27,36H,6-9,11,13-19,21-22H2,1-5H3,(H,35,41)/t24-,27-,34+/m1/s1. The van der Waals surface area contributed by atoms with Gasteiger partial charge >= 0.3 is 0 Å². The highest BCUT2D eigenvalue weighted by atomic mass is 16.2. The Labute approximate surface area is 261 Å². The Balaban J connectivity index is 1.44. The quantitative estimate of drug-likeness (QED) is 0.405. The lowest BCUT2D eigenvalue weighted by molar-refractivity contribution is -0.164. The van der Waals surface area contributed by atoms with Crippen LogP contribution < -0.4 is 5.32 Å². The molecule has 0 aliphatic carbocycles. The van der Waals surface area contributed by atoms with E-state index >= 15 is 0 Å². The molecule has 44 heavy (non-hydrogen) atoms. The number of aryl methyl sites for hydroxylation is 1. The van der Waals surface area contributed by atoms with Crippen LogP contribution in [-0.2, 0) is 37.6 Å². The molecule has 240 valence electrons. The van der Waals surface area contributed by atoms with Crippen molar-refractivity contribution in [3.8, 4) is 0 Å². The first-order chi connectivity index (χ1) is 21.0. The Kier molecular flexibility index (Phi) is 9.68. The molecule has 3 aliphatic heterocycles. The largest absolute Gasteiger partial charge is 0.356 e. The number of hydrogen-bond acceptors (Lipinski definition) is 5. The first-order valence-corrected chi connectivity index (χ1v) is 16.4. The van der Waals surface area contributed by atoms with Gasteiger partial charge in [-0.2, -0.15) is 0 Å². The molecule has 0 saturated carbocycles. The Morgan fingerprint density at radius 3 is 2.52 bits per heavy atom. The van der Waals surface area contributed by atoms with Crippen molar-refractivity contribution in [3.05, 3.63) is 35.0 Å². The van der Waals surface area contributed by atoms with Crippen LogP contribution in [-0.4, -0.2) is 109 Å². The van der Waals surface area contributed by atoms with E-state index in [-0.39, 0.29) is 30.0 Å². The summed E-state index contributed by atoms with van der Waals surface area (Å²) in [6.45, 7) is 5.50. The van der Waals surface area contributed by atoms with Gasteiger partial charge in [0.1, 0.15) is 0 Å². The second kappa shape index (κ2) is 13.3. The zero-order chi connectivity index (χ0) is 31.6. The monoisotopic (exact) mass is 606 g/mol. The van der Waals surface area contributed by atoms with E-state index in [0.29, 0.717) is 38.8 Å². The molecule has 5 rings (SSSR count). The molecular weight excluding hydrogens is 556 g/mol. The number of carbonyl (C=O) groups excluding carboxylic acids is 4. The number of aromatic amines is 1. The lowest BCUT2D eigenvalue weighted by atomic mass is 9.67. The molecule has 0 spiro atoms. The molecule has 3 aliphatic rings. The minimum atomic E-state index is -0.835. The summed E-state index contributed by atoms with van der Waals surface area (Å²) in [5.74, 6) is -0.952. The van der Waals surface area contributed by atoms with Crippen molar-refractivity contribution < 1.29 is 19.2 Å². The topological polar surface area (TPSA) is 109 Å². The highest BCUT2D eigenvalue weighted by molar-refractivity contribution is 5.93. The molecule has 10 heteroatoms. The fourth-order valence-electron chi connectivity index (χ4n) is 7.52. The van der Waals surface area contributed by atoms with Crippen molar-refractivity contribution in [1.82, 2.24) is 29.9 Å². The van der Waals surface area contributed by atoms with E-state index < -0.39 is 17.4 Å². The molecule has 3 atom stereocenters. The molecule has 0 unspecified atom stereocenters. The summed E-state index contributed by atoms with van der Waals surface area (Å²) < 4.78 is 0. The number of amides is 4. The van der Waals surface area contributed by atoms with Crippen molar-refractivity contribution in [2.75, 3.05) is 60.9 Å². The van der Waals surface area contributed by atoms with Gasteiger partial charge < -0.3 is 29.9 Å². The first-order valence-electron chi connectivity index (χ1n) is 16.4. The van der Waals surface area contributed by atoms with E-state index in [1.165, 1.54) is 0 Å². The van der Waals surface area contributed by atoms with Gasteiger partial charge in [0.15, 0.2) is 0 Å². The average molecular weight is 607 g/mol. The molecule has 0 bridgehead atoms. The third-order valence-electron chi connectivity index (χ3n) is 10.1. The highest BCUT2D eigenvalue weighted by Crippen LogP contribution is 2.50. The Hall–Kier alpha value is -3.40. The molecule has 1 aromatic carbocycles. The molecule has 0 radical (unpaired) electrons. The van der Waals surface area contributed by atoms with Gasteiger partial charge in [0, 0.05) is 75.6 Å². The van der Waals surface area contributed by atoms with Gasteiger partial charge in [-0.25, -0.2) is 0 Å². The second-order valence-corrected chi connectivity index (χ2v) is 13.6. The number of hydrogen-bond donors (Lipinski definition) is 2. The molecule has 10 nitrogen and oxygen atoms in total. The number of rotatable bonds is 10. The van der Waals surface area contributed by atoms with Crippen molar-refractivity contribution >= 4 is 34.5 Å². The van der Waals surface area contributed by atoms with Crippen molar-refractivity contribution in [3.63, 3.8) is 0 Å². The van der Waals surface area contributed by atoms with Crippen LogP contribution in [0.4, 0.5) is 0 Å². The average Bonchev–Trinajstić information content (AvgIpc) is 3.38. The lowest BCUT2D eigenvalue weighted by Gasteiger charge is -2.54. The van der Waals surface area contributed by atoms with Gasteiger partial charge in [-0.3, -0.25) is 19.2 Å². The SMILES string of the molecule is CN(C)CCCNC(=O)C[C@H]1C[C@H](C(=O)N2CCCCC2)[C@@]2(C)c3[nH]c4cc(CCC(=O)N(C)C)ccc4c3CCN2C1=O. The minimum Gasteiger partial charge on any atom is -0.356 e. The maximum atomic E-state index is 14.3. The van der Waals surface area contributed by atoms with E-state index in [0.717, 1.165) is 73.0 Å². The van der Waals surface area contributed by atoms with Crippen LogP contribution in [0.15, 0.2) is 18.2 Å². The first kappa shape index (κ1) is 32.0. The third kappa shape index (κ3) is 6.36. The maximum absolute atomic E-state index is 14.3. The van der Waals surface area contributed by atoms with E-state index in [2.05, 4.69) is 40.3 Å². The van der Waals surface area contributed by atoms with Gasteiger partial charge in [0.25, 0.3) is 0 Å². The van der Waals surface area contributed by atoms with Crippen molar-refractivity contribution in [1.29, 1.82) is 0 Å². The van der Waals surface area contributed by atoms with Crippen molar-refractivity contribution in [2.24, 2.45) is 11.8 Å². The summed E-state index contributed by atoms with van der Waals surface area (Å²) in [5, 5.41) is 4.11. The maximum Gasteiger partial charge on any atom is 0.228 e. The third-order valence-corrected chi connectivity index (χ3v) is 10.1. The zero-order valence-corrected chi connectivity index (χ0v) is 27.2. The molecular formula is C34H50N6O4. The summed E-state index contributed by atoms with van der Waals surface area (Å²) in [4.78, 5) is 64.9. The van der Waals surface area contributed by atoms with Crippen LogP contribution in [0.25, 0.3) is 10.9 Å². The van der Waals surface area contributed by atoms with Gasteiger partial charge in [0.05, 0.1) is 11.5 Å². The van der Waals surface area contributed by atoms with Crippen LogP contribution in [0.2, 0.25) is 0 Å². The molecule has 4 amide bonds. The van der Waals surface area contributed by atoms with Crippen LogP contribution in [0.1, 0.15) is 68.7 Å². The predicted molar refractivity (Wildman–Crippen MR) is 171 cm³/mol. The molecule has 2 N–H and O–H groups in total. The van der Waals surface area contributed by atoms with E-state index in [1.54, 1.807) is 19.0 Å². The molecule has 2 aromatic rings. The van der Waals surface area contributed by atoms with Crippen molar-refractivity contribution in [2.45, 2.75) is 70.3 Å². The zero-order valence-electron chi connectivity index (χ0n) is 27.2. The van der Waals surface area contributed by atoms with E-state index in [1.807, 2.05) is 23.9 Å². The number of piperidine rings is 2. The molecule has 4 heterocycles. The van der Waals surface area contributed by atoms with Crippen LogP contribution >= 0.6 is 0 Å². The number of benzene rings is 1. The number of nitrogens with one attached hydrogen (secondary N) is 2. The Morgan fingerprint density at radius 1 is 1.07 bits per heavy atom. The van der Waals surface area contributed by atoms with Gasteiger partial charge in [-0.05, 0) is 89.7 Å². The van der Waals surface area contributed by atoms with E-state index in [4.69, 9.17) is 0 Å². The van der Waals surface area contributed by atoms with Crippen LogP contribution in [0.5, 0.6) is 0 Å². The smallest absolute Gasteiger partial charge is 0.228 e. The molecule has 2 saturated heterocycles. The Bertz CT molecular complexity index is 1390. The lowest BCUT2D eigenvalue weighted by Crippen LogP contribution is -2.64. The summed E-state index contributed by atoms with van der Waals surface area (Å²) in [6, 6.07) is 6.32. The van der Waals surface area contributed by atoms with Gasteiger partial charge in [0.2, 0.25) is 23.6 Å². The number of H-pyrrole nitrogens is 1. The molecule has 1 aromatic heterocycles. The van der Waals surface area contributed by atoms with Gasteiger partial charge in [-0.1, -0.05) is 12.1 Å². The number of nitrogens with zero attached hydrogens (tertiary/aromatic N) is 4. The minimum absolute atomic E-state index is 0.0363. The highest BCUT2D eigenvalue weighted by Gasteiger charge is 2.57. The van der Waals surface area contributed by atoms with Gasteiger partial charge in [-0.15, -0.1) is 0 Å². The van der Waals surface area contributed by atoms with Crippen LogP contribution in [0, 0.1) is 11.8 Å². The van der Waals surface area contributed by atoms with Crippen LogP contribution in [0.3, 0.4) is 0 Å². The number of likely N-dealkylation sites (tertiary alicyclic amines) is 1. The second-order valence-electron chi connectivity index (χ2n) is 13.6. The molecule has 2 fully saturated rings. The fraction of sp³-hybridized carbons (Fsp3) is 0.647. The normalized spacial score (nSPS) is 23.5. The predicted octanol–water partition coefficient (Wildman–Crippen LogP) is 2.90. The summed E-state index contributed by atoms with van der Waals surface area (Å²) in [6.07, 6.45) is 6.19. The summed E-state index contributed by atoms with van der Waals surface area (Å²) in [5.41, 5.74) is 3.32. The number of fused-ring (bicyclic) bond motifs is 5. The summed E-state index contributed by atoms with van der Waals surface area (Å²) >= 11 is 0. The number of carbonyl (C=O) groups is 4. The number of aromatic nitrogens is 1. The Morgan fingerprint density at radius 2 is 1.82 bits per heavy atom.